The zero-order valence-electron chi connectivity index (χ0n) is 37.3. The Morgan fingerprint density at radius 3 is 1.76 bits per heavy atom. The molecule has 1 aromatic heterocycles. The lowest BCUT2D eigenvalue weighted by Crippen LogP contribution is -2.29. The Hall–Kier alpha value is -6.96. The van der Waals surface area contributed by atoms with Crippen LogP contribution < -0.4 is 0 Å². The molecule has 1 spiro atoms. The molecule has 8 aromatic rings. The summed E-state index contributed by atoms with van der Waals surface area (Å²) >= 11 is 0. The number of aromatic nitrogens is 1. The van der Waals surface area contributed by atoms with Gasteiger partial charge in [0.1, 0.15) is 0 Å². The van der Waals surface area contributed by atoms with Crippen LogP contribution in [0.15, 0.2) is 199 Å². The monoisotopic (exact) mass is 813 g/mol. The highest BCUT2D eigenvalue weighted by atomic mass is 15.0. The lowest BCUT2D eigenvalue weighted by Gasteiger charge is -2.36. The van der Waals surface area contributed by atoms with Gasteiger partial charge < -0.3 is 4.57 Å². The van der Waals surface area contributed by atoms with Gasteiger partial charge in [-0.05, 0) is 157 Å². The van der Waals surface area contributed by atoms with Gasteiger partial charge in [0.2, 0.25) is 0 Å². The third-order valence-electron chi connectivity index (χ3n) is 13.6. The Balaban J connectivity index is 0.000000130. The van der Waals surface area contributed by atoms with Gasteiger partial charge in [-0.15, -0.1) is 0 Å². The summed E-state index contributed by atoms with van der Waals surface area (Å²) in [5, 5.41) is 2.62. The standard InChI is InChI=1S/C29H25N.C26H22.C7H8/c1-4-8-25-21(3)13-17-28-29(25)26-19-23(22-14-11-20(2)12-15-22)16-18-27(26)30(28)24-9-6-5-7-10-24;1-17-14-15-21-20-10-4-7-13-24(20)26(25(21)16-17)22-11-5-2-8-18(22)19-9-3-6-12-23(19)26;1-7-5-3-2-4-6-7/h4-19H,1-3H3;2-5,8-11,14-16H,6-7,12-13H2,1H3;2-6H,1H3/b8-4-;;. The summed E-state index contributed by atoms with van der Waals surface area (Å²) in [7, 11) is 0. The topological polar surface area (TPSA) is 4.93 Å². The van der Waals surface area contributed by atoms with Gasteiger partial charge in [0.25, 0.3) is 0 Å². The first-order valence-electron chi connectivity index (χ1n) is 22.7. The van der Waals surface area contributed by atoms with Crippen LogP contribution in [0.2, 0.25) is 0 Å². The van der Waals surface area contributed by atoms with E-state index in [0.717, 1.165) is 12.8 Å². The average Bonchev–Trinajstić information content (AvgIpc) is 3.92. The summed E-state index contributed by atoms with van der Waals surface area (Å²) in [5.74, 6) is 0. The molecule has 1 heterocycles. The van der Waals surface area contributed by atoms with Crippen molar-refractivity contribution >= 4 is 39.0 Å². The lowest BCUT2D eigenvalue weighted by atomic mass is 9.66. The van der Waals surface area contributed by atoms with E-state index in [9.17, 15) is 0 Å². The smallest absolute Gasteiger partial charge is 0.0651 e. The van der Waals surface area contributed by atoms with Crippen LogP contribution in [-0.2, 0) is 5.41 Å². The van der Waals surface area contributed by atoms with E-state index in [1.807, 2.05) is 18.2 Å². The molecule has 63 heavy (non-hydrogen) atoms. The van der Waals surface area contributed by atoms with E-state index in [0.29, 0.717) is 0 Å². The van der Waals surface area contributed by atoms with Crippen molar-refractivity contribution in [2.24, 2.45) is 0 Å². The van der Waals surface area contributed by atoms with Crippen molar-refractivity contribution in [1.29, 1.82) is 0 Å². The van der Waals surface area contributed by atoms with E-state index < -0.39 is 0 Å². The minimum absolute atomic E-state index is 0.0157. The van der Waals surface area contributed by atoms with E-state index in [1.165, 1.54) is 113 Å². The molecule has 4 aliphatic carbocycles. The molecule has 12 rings (SSSR count). The summed E-state index contributed by atoms with van der Waals surface area (Å²) in [5.41, 5.74) is 25.0. The maximum absolute atomic E-state index is 2.46. The molecule has 0 radical (unpaired) electrons. The summed E-state index contributed by atoms with van der Waals surface area (Å²) in [6.07, 6.45) is 18.5. The van der Waals surface area contributed by atoms with Crippen molar-refractivity contribution in [3.63, 3.8) is 0 Å². The molecule has 0 bridgehead atoms. The quantitative estimate of drug-likeness (QED) is 0.167. The van der Waals surface area contributed by atoms with Gasteiger partial charge in [0.05, 0.1) is 16.4 Å². The number of aryl methyl sites for hydroxylation is 4. The predicted molar refractivity (Wildman–Crippen MR) is 271 cm³/mol. The van der Waals surface area contributed by atoms with Crippen LogP contribution in [-0.4, -0.2) is 4.57 Å². The van der Waals surface area contributed by atoms with Crippen molar-refractivity contribution in [2.75, 3.05) is 0 Å². The Morgan fingerprint density at radius 2 is 1.10 bits per heavy atom. The van der Waals surface area contributed by atoms with Crippen molar-refractivity contribution in [1.82, 2.24) is 4.57 Å². The van der Waals surface area contributed by atoms with Crippen molar-refractivity contribution in [3.05, 3.63) is 249 Å². The average molecular weight is 814 g/mol. The molecule has 1 unspecified atom stereocenters. The molecule has 1 nitrogen and oxygen atoms in total. The number of hydrogen-bond acceptors (Lipinski definition) is 0. The molecule has 0 fully saturated rings. The molecule has 308 valence electrons. The van der Waals surface area contributed by atoms with Crippen molar-refractivity contribution in [3.8, 4) is 16.8 Å². The van der Waals surface area contributed by atoms with E-state index in [4.69, 9.17) is 0 Å². The fourth-order valence-corrected chi connectivity index (χ4v) is 10.8. The highest BCUT2D eigenvalue weighted by Gasteiger charge is 2.53. The van der Waals surface area contributed by atoms with Gasteiger partial charge >= 0.3 is 0 Å². The van der Waals surface area contributed by atoms with Gasteiger partial charge in [0.15, 0.2) is 0 Å². The second-order valence-electron chi connectivity index (χ2n) is 17.6. The number of hydrogen-bond donors (Lipinski definition) is 0. The first kappa shape index (κ1) is 40.1. The SMILES string of the molecule is C/C=C\c1c(C)ccc2c1c1cc(-c3ccc(C)cc3)ccc1n2-c1ccccc1.Cc1ccc2c(c1)C1(C3=C(C=CCC3)c3ccccc31)C1=C2C=CCC1.Cc1ccccc1. The minimum Gasteiger partial charge on any atom is -0.309 e. The molecule has 0 saturated carbocycles. The van der Waals surface area contributed by atoms with E-state index in [1.54, 1.807) is 11.1 Å². The predicted octanol–water partition coefficient (Wildman–Crippen LogP) is 16.6. The van der Waals surface area contributed by atoms with E-state index in [2.05, 4.69) is 215 Å². The van der Waals surface area contributed by atoms with Crippen LogP contribution >= 0.6 is 0 Å². The third kappa shape index (κ3) is 6.88. The largest absolute Gasteiger partial charge is 0.309 e. The Bertz CT molecular complexity index is 3170. The number of allylic oxidation sites excluding steroid dienone is 9. The first-order chi connectivity index (χ1) is 30.9. The van der Waals surface area contributed by atoms with Crippen LogP contribution in [0, 0.1) is 27.7 Å². The van der Waals surface area contributed by atoms with Gasteiger partial charge in [-0.3, -0.25) is 0 Å². The van der Waals surface area contributed by atoms with E-state index in [-0.39, 0.29) is 5.41 Å². The number of nitrogens with zero attached hydrogens (tertiary/aromatic N) is 1. The van der Waals surface area contributed by atoms with Gasteiger partial charge in [-0.1, -0.05) is 181 Å². The fraction of sp³-hybridized carbons (Fsp3) is 0.161. The second kappa shape index (κ2) is 16.7. The highest BCUT2D eigenvalue weighted by molar-refractivity contribution is 6.14. The number of fused-ring (bicyclic) bond motifs is 11. The molecule has 7 aromatic carbocycles. The zero-order valence-corrected chi connectivity index (χ0v) is 37.3. The Morgan fingerprint density at radius 1 is 0.508 bits per heavy atom. The summed E-state index contributed by atoms with van der Waals surface area (Å²) in [6.45, 7) is 10.7. The van der Waals surface area contributed by atoms with Gasteiger partial charge in [-0.2, -0.15) is 0 Å². The number of benzene rings is 7. The minimum atomic E-state index is -0.0157. The third-order valence-corrected chi connectivity index (χ3v) is 13.6. The first-order valence-corrected chi connectivity index (χ1v) is 22.7. The van der Waals surface area contributed by atoms with Gasteiger partial charge in [0, 0.05) is 16.5 Å². The Kier molecular flexibility index (Phi) is 10.7. The van der Waals surface area contributed by atoms with Crippen LogP contribution in [0.3, 0.4) is 0 Å². The normalized spacial score (nSPS) is 16.8. The Labute approximate surface area is 373 Å². The second-order valence-corrected chi connectivity index (χ2v) is 17.6. The molecule has 0 N–H and O–H groups in total. The number of rotatable bonds is 3. The lowest BCUT2D eigenvalue weighted by molar-refractivity contribution is 0.661. The molecular weight excluding hydrogens is 759 g/mol. The molecular formula is C62H55N. The molecule has 0 aliphatic heterocycles. The molecule has 4 aliphatic rings. The summed E-state index contributed by atoms with van der Waals surface area (Å²) in [6, 6.07) is 57.3. The summed E-state index contributed by atoms with van der Waals surface area (Å²) in [4.78, 5) is 0. The van der Waals surface area contributed by atoms with Crippen LogP contribution in [0.1, 0.15) is 82.7 Å². The molecule has 1 atom stereocenters. The van der Waals surface area contributed by atoms with Gasteiger partial charge in [-0.25, -0.2) is 0 Å². The molecule has 0 amide bonds. The maximum Gasteiger partial charge on any atom is 0.0651 e. The summed E-state index contributed by atoms with van der Waals surface area (Å²) < 4.78 is 2.38. The zero-order chi connectivity index (χ0) is 43.1. The molecule has 1 heteroatoms. The van der Waals surface area contributed by atoms with Crippen molar-refractivity contribution < 1.29 is 0 Å². The molecule has 0 saturated heterocycles. The maximum atomic E-state index is 2.46. The highest BCUT2D eigenvalue weighted by Crippen LogP contribution is 2.64. The number of para-hydroxylation sites is 1. The van der Waals surface area contributed by atoms with Crippen LogP contribution in [0.5, 0.6) is 0 Å². The van der Waals surface area contributed by atoms with Crippen LogP contribution in [0.4, 0.5) is 0 Å². The van der Waals surface area contributed by atoms with Crippen molar-refractivity contribution in [2.45, 2.75) is 65.7 Å². The van der Waals surface area contributed by atoms with E-state index >= 15 is 0 Å². The van der Waals surface area contributed by atoms with Crippen LogP contribution in [0.25, 0.3) is 55.8 Å². The fourth-order valence-electron chi connectivity index (χ4n) is 10.8.